The number of halogens is 2. The van der Waals surface area contributed by atoms with Gasteiger partial charge in [0.05, 0.1) is 31.5 Å². The highest BCUT2D eigenvalue weighted by atomic mass is 19.1. The van der Waals surface area contributed by atoms with Gasteiger partial charge in [0.15, 0.2) is 0 Å². The number of aryl methyl sites for hydroxylation is 8. The average Bonchev–Trinajstić information content (AvgIpc) is 1.27. The molecule has 0 fully saturated rings. The number of aliphatic carboxylic acids is 1. The minimum absolute atomic E-state index is 0.0587. The summed E-state index contributed by atoms with van der Waals surface area (Å²) < 4.78 is 39.8. The molecule has 6 rings (SSSR count). The second-order valence-electron chi connectivity index (χ2n) is 24.5. The van der Waals surface area contributed by atoms with Crippen molar-refractivity contribution < 1.29 is 37.8 Å². The molecule has 0 aliphatic rings. The third-order valence-corrected chi connectivity index (χ3v) is 15.7. The maximum atomic E-state index is 15.9. The molecule has 2 aromatic heterocycles. The predicted molar refractivity (Wildman–Crippen MR) is 340 cm³/mol. The summed E-state index contributed by atoms with van der Waals surface area (Å²) in [5.41, 5.74) is 11.7. The minimum atomic E-state index is -1.17. The van der Waals surface area contributed by atoms with Crippen molar-refractivity contribution in [3.63, 3.8) is 0 Å². The number of aromatic nitrogens is 2. The van der Waals surface area contributed by atoms with E-state index in [9.17, 15) is 33.9 Å². The first kappa shape index (κ1) is 69.2. The molecule has 4 aromatic carbocycles. The molecule has 0 saturated carbocycles. The summed E-state index contributed by atoms with van der Waals surface area (Å²) in [4.78, 5) is 83.4. The van der Waals surface area contributed by atoms with E-state index >= 15 is 8.78 Å². The standard InChI is InChI=1S/C36H48FN3O4.C34H44FN3O4/c1-10-44-33(42)20-30(29-19-28(17-26(7)35(29)37)34-23(4)12-11-13-24(34)5)38-36(43)31(16-22(2)3)40-21-27(14-15-39(8)9)25(6)18-32(40)41;1-20(2)14-29(38-19-25(12-13-37(7)8)23(5)16-30(38)39)34(42)36-28(18-31(40)41)27-17-26(15-24(6)33(27)35)32-21(3)10-9-11-22(32)4/h11-13,17-19,21-22,30-31H,10,14-16,20H2,1-9H3,(H,38,43);9-11,15-17,19-20,28-29H,12-14,18H2,1-8H3,(H,36,42)(H,40,41)/t30-,31?;28-,29?/m00/s1. The lowest BCUT2D eigenvalue weighted by Crippen LogP contribution is -2.40. The van der Waals surface area contributed by atoms with Crippen LogP contribution < -0.4 is 21.8 Å². The molecule has 0 radical (unpaired) electrons. The summed E-state index contributed by atoms with van der Waals surface area (Å²) in [6.07, 6.45) is 4.92. The lowest BCUT2D eigenvalue weighted by molar-refractivity contribution is -0.144. The zero-order valence-corrected chi connectivity index (χ0v) is 53.8. The largest absolute Gasteiger partial charge is 0.481 e. The van der Waals surface area contributed by atoms with E-state index in [4.69, 9.17) is 4.74 Å². The molecule has 0 aliphatic carbocycles. The Balaban J connectivity index is 0.000000314. The van der Waals surface area contributed by atoms with Gasteiger partial charge in [-0.15, -0.1) is 0 Å². The van der Waals surface area contributed by atoms with Gasteiger partial charge in [-0.25, -0.2) is 8.78 Å². The number of nitrogens with one attached hydrogen (secondary N) is 2. The van der Waals surface area contributed by atoms with E-state index in [-0.39, 0.29) is 47.1 Å². The number of nitrogens with zero attached hydrogens (tertiary/aromatic N) is 4. The van der Waals surface area contributed by atoms with Crippen LogP contribution in [0.1, 0.15) is 151 Å². The third-order valence-electron chi connectivity index (χ3n) is 15.7. The highest BCUT2D eigenvalue weighted by Crippen LogP contribution is 2.36. The average molecular weight is 1180 g/mol. The first-order chi connectivity index (χ1) is 40.4. The lowest BCUT2D eigenvalue weighted by Gasteiger charge is -2.27. The Morgan fingerprint density at radius 2 is 0.907 bits per heavy atom. The quantitative estimate of drug-likeness (QED) is 0.0468. The molecule has 2 amide bonds. The van der Waals surface area contributed by atoms with Gasteiger partial charge in [0.2, 0.25) is 11.8 Å². The van der Waals surface area contributed by atoms with E-state index < -0.39 is 66.0 Å². The van der Waals surface area contributed by atoms with Crippen molar-refractivity contribution in [3.8, 4) is 22.3 Å². The molecule has 0 bridgehead atoms. The van der Waals surface area contributed by atoms with Crippen LogP contribution in [0.15, 0.2) is 94.8 Å². The molecule has 0 spiro atoms. The first-order valence-corrected chi connectivity index (χ1v) is 29.9. The van der Waals surface area contributed by atoms with Crippen molar-refractivity contribution in [1.82, 2.24) is 29.6 Å². The third kappa shape index (κ3) is 18.5. The number of benzene rings is 4. The van der Waals surface area contributed by atoms with Gasteiger partial charge in [-0.05, 0) is 230 Å². The monoisotopic (exact) mass is 1180 g/mol. The van der Waals surface area contributed by atoms with Crippen LogP contribution >= 0.6 is 0 Å². The number of pyridine rings is 2. The summed E-state index contributed by atoms with van der Waals surface area (Å²) in [6.45, 7) is 26.4. The molecular formula is C70H92F2N6O8. The van der Waals surface area contributed by atoms with Crippen LogP contribution in [-0.4, -0.2) is 95.7 Å². The van der Waals surface area contributed by atoms with Crippen molar-refractivity contribution in [1.29, 1.82) is 0 Å². The molecular weight excluding hydrogens is 1090 g/mol. The van der Waals surface area contributed by atoms with Crippen molar-refractivity contribution in [3.05, 3.63) is 184 Å². The summed E-state index contributed by atoms with van der Waals surface area (Å²) >= 11 is 0. The Labute approximate surface area is 508 Å². The van der Waals surface area contributed by atoms with Crippen LogP contribution in [0.5, 0.6) is 0 Å². The minimum Gasteiger partial charge on any atom is -0.481 e. The fourth-order valence-corrected chi connectivity index (χ4v) is 11.2. The fourth-order valence-electron chi connectivity index (χ4n) is 11.2. The van der Waals surface area contributed by atoms with Gasteiger partial charge in [0.1, 0.15) is 23.7 Å². The zero-order chi connectivity index (χ0) is 64.0. The van der Waals surface area contributed by atoms with Crippen molar-refractivity contribution in [2.45, 2.75) is 153 Å². The van der Waals surface area contributed by atoms with Crippen LogP contribution in [0.25, 0.3) is 22.3 Å². The van der Waals surface area contributed by atoms with E-state index in [1.54, 1.807) is 63.5 Å². The molecule has 2 heterocycles. The van der Waals surface area contributed by atoms with E-state index in [0.29, 0.717) is 30.4 Å². The van der Waals surface area contributed by atoms with Gasteiger partial charge in [0, 0.05) is 48.7 Å². The topological polar surface area (TPSA) is 172 Å². The van der Waals surface area contributed by atoms with Crippen LogP contribution in [-0.2, 0) is 36.8 Å². The van der Waals surface area contributed by atoms with Crippen LogP contribution in [0, 0.1) is 78.9 Å². The van der Waals surface area contributed by atoms with Crippen LogP contribution in [0.2, 0.25) is 0 Å². The van der Waals surface area contributed by atoms with Crippen molar-refractivity contribution >= 4 is 23.8 Å². The molecule has 464 valence electrons. The molecule has 4 atom stereocenters. The molecule has 86 heavy (non-hydrogen) atoms. The second kappa shape index (κ2) is 31.2. The Morgan fingerprint density at radius 1 is 0.547 bits per heavy atom. The molecule has 16 heteroatoms. The number of rotatable bonds is 25. The SMILES string of the molecule is CCOC(=O)C[C@H](NC(=O)C(CC(C)C)n1cc(CCN(C)C)c(C)cc1=O)c1cc(-c2c(C)cccc2C)cc(C)c1F.Cc1cc(=O)n(C(CC(C)C)C(=O)N[C@@H](CC(=O)O)c2cc(-c3c(C)cccc3C)cc(C)c2F)cc1CCN(C)C. The molecule has 14 nitrogen and oxygen atoms in total. The van der Waals surface area contributed by atoms with Gasteiger partial charge < -0.3 is 39.4 Å². The van der Waals surface area contributed by atoms with E-state index in [1.165, 1.54) is 15.2 Å². The number of hydrogen-bond acceptors (Lipinski definition) is 9. The van der Waals surface area contributed by atoms with Crippen molar-refractivity contribution in [2.75, 3.05) is 47.9 Å². The number of carbonyl (C=O) groups is 4. The molecule has 0 saturated heterocycles. The van der Waals surface area contributed by atoms with Gasteiger partial charge in [-0.3, -0.25) is 28.8 Å². The Bertz CT molecular complexity index is 3470. The fraction of sp³-hybridized carbons (Fsp3) is 0.457. The normalized spacial score (nSPS) is 12.9. The van der Waals surface area contributed by atoms with Gasteiger partial charge in [-0.2, -0.15) is 0 Å². The summed E-state index contributed by atoms with van der Waals surface area (Å²) in [5.74, 6) is -3.60. The smallest absolute Gasteiger partial charge is 0.308 e. The number of ether oxygens (including phenoxy) is 1. The number of carboxylic acids is 1. The Kier molecular flexibility index (Phi) is 25.1. The van der Waals surface area contributed by atoms with E-state index in [0.717, 1.165) is 86.3 Å². The van der Waals surface area contributed by atoms with Crippen LogP contribution in [0.3, 0.4) is 0 Å². The Morgan fingerprint density at radius 3 is 1.23 bits per heavy atom. The van der Waals surface area contributed by atoms with Gasteiger partial charge in [-0.1, -0.05) is 64.1 Å². The second-order valence-corrected chi connectivity index (χ2v) is 24.5. The molecule has 2 unspecified atom stereocenters. The summed E-state index contributed by atoms with van der Waals surface area (Å²) in [5, 5.41) is 15.6. The number of carbonyl (C=O) groups excluding carboxylic acids is 3. The zero-order valence-electron chi connectivity index (χ0n) is 53.8. The maximum absolute atomic E-state index is 15.9. The molecule has 0 aliphatic heterocycles. The van der Waals surface area contributed by atoms with Gasteiger partial charge >= 0.3 is 11.9 Å². The summed E-state index contributed by atoms with van der Waals surface area (Å²) in [6, 6.07) is 18.0. The van der Waals surface area contributed by atoms with Gasteiger partial charge in [0.25, 0.3) is 11.1 Å². The van der Waals surface area contributed by atoms with E-state index in [1.807, 2.05) is 139 Å². The Hall–Kier alpha value is -7.56. The molecule has 6 aromatic rings. The number of amides is 2. The summed E-state index contributed by atoms with van der Waals surface area (Å²) in [7, 11) is 7.92. The number of esters is 1. The number of carboxylic acid groups (broad SMARTS) is 1. The predicted octanol–water partition coefficient (Wildman–Crippen LogP) is 12.3. The molecule has 3 N–H and O–H groups in total. The maximum Gasteiger partial charge on any atom is 0.308 e. The van der Waals surface area contributed by atoms with E-state index in [2.05, 4.69) is 15.5 Å². The number of hydrogen-bond donors (Lipinski definition) is 3. The lowest BCUT2D eigenvalue weighted by atomic mass is 9.90. The number of likely N-dealkylation sites (N-methyl/N-ethyl adjacent to an activating group) is 2. The highest BCUT2D eigenvalue weighted by Gasteiger charge is 2.32. The van der Waals surface area contributed by atoms with Crippen molar-refractivity contribution in [2.24, 2.45) is 11.8 Å². The first-order valence-electron chi connectivity index (χ1n) is 29.9. The van der Waals surface area contributed by atoms with Crippen LogP contribution in [0.4, 0.5) is 8.78 Å². The highest BCUT2D eigenvalue weighted by molar-refractivity contribution is 5.83.